The van der Waals surface area contributed by atoms with Gasteiger partial charge in [0, 0.05) is 26.2 Å². The van der Waals surface area contributed by atoms with E-state index in [1.54, 1.807) is 12.7 Å². The van der Waals surface area contributed by atoms with E-state index in [-0.39, 0.29) is 5.91 Å². The number of aromatic nitrogens is 3. The molecule has 2 rings (SSSR count). The molecule has 6 heteroatoms. The number of likely N-dealkylation sites (N-methyl/N-ethyl adjacent to an activating group) is 2. The van der Waals surface area contributed by atoms with Gasteiger partial charge in [-0.05, 0) is 25.8 Å². The Morgan fingerprint density at radius 3 is 2.57 bits per heavy atom. The fraction of sp³-hybridized carbons (Fsp3) is 0.800. The number of hydrogen-bond acceptors (Lipinski definition) is 4. The number of amides is 1. The normalized spacial score (nSPS) is 22.5. The van der Waals surface area contributed by atoms with Crippen LogP contribution in [0.3, 0.4) is 0 Å². The van der Waals surface area contributed by atoms with Crippen molar-refractivity contribution in [2.45, 2.75) is 45.2 Å². The van der Waals surface area contributed by atoms with E-state index in [4.69, 9.17) is 0 Å². The molecule has 21 heavy (non-hydrogen) atoms. The minimum Gasteiger partial charge on any atom is -0.341 e. The molecule has 0 saturated heterocycles. The first-order chi connectivity index (χ1) is 10.1. The van der Waals surface area contributed by atoms with E-state index in [0.717, 1.165) is 19.5 Å². The molecule has 118 valence electrons. The molecule has 0 unspecified atom stereocenters. The van der Waals surface area contributed by atoms with Gasteiger partial charge >= 0.3 is 0 Å². The maximum atomic E-state index is 12.4. The molecular weight excluding hydrogens is 266 g/mol. The molecule has 0 bridgehead atoms. The molecule has 1 aromatic heterocycles. The van der Waals surface area contributed by atoms with Crippen LogP contribution < -0.4 is 0 Å². The Morgan fingerprint density at radius 1 is 1.24 bits per heavy atom. The second-order valence-corrected chi connectivity index (χ2v) is 6.27. The molecule has 2 atom stereocenters. The van der Waals surface area contributed by atoms with Gasteiger partial charge in [-0.3, -0.25) is 9.69 Å². The lowest BCUT2D eigenvalue weighted by atomic mass is 9.85. The van der Waals surface area contributed by atoms with Gasteiger partial charge in [-0.2, -0.15) is 0 Å². The molecule has 1 amide bonds. The lowest BCUT2D eigenvalue weighted by Gasteiger charge is -2.37. The maximum absolute atomic E-state index is 12.4. The zero-order valence-corrected chi connectivity index (χ0v) is 13.4. The van der Waals surface area contributed by atoms with Crippen molar-refractivity contribution in [3.63, 3.8) is 0 Å². The average Bonchev–Trinajstić information content (AvgIpc) is 2.98. The third-order valence-electron chi connectivity index (χ3n) is 4.57. The fourth-order valence-electron chi connectivity index (χ4n) is 3.10. The summed E-state index contributed by atoms with van der Waals surface area (Å²) in [6.07, 6.45) is 8.34. The van der Waals surface area contributed by atoms with Crippen molar-refractivity contribution >= 4 is 5.91 Å². The highest BCUT2D eigenvalue weighted by Gasteiger charge is 2.27. The SMILES string of the molecule is C[C@@H]1CCCC[C@H]1N(C)C(=O)CN(C)CCn1cnnc1. The standard InChI is InChI=1S/C15H27N5O/c1-13-6-4-5-7-14(13)19(3)15(21)10-18(2)8-9-20-11-16-17-12-20/h11-14H,4-10H2,1-3H3/t13-,14-/m1/s1. The van der Waals surface area contributed by atoms with E-state index in [1.165, 1.54) is 19.3 Å². The summed E-state index contributed by atoms with van der Waals surface area (Å²) < 4.78 is 1.92. The zero-order chi connectivity index (χ0) is 15.2. The van der Waals surface area contributed by atoms with Crippen LogP contribution in [0.2, 0.25) is 0 Å². The Morgan fingerprint density at radius 2 is 1.90 bits per heavy atom. The van der Waals surface area contributed by atoms with Gasteiger partial charge in [0.05, 0.1) is 6.54 Å². The van der Waals surface area contributed by atoms with Crippen LogP contribution in [0.15, 0.2) is 12.7 Å². The lowest BCUT2D eigenvalue weighted by Crippen LogP contribution is -2.46. The monoisotopic (exact) mass is 293 g/mol. The zero-order valence-electron chi connectivity index (χ0n) is 13.4. The summed E-state index contributed by atoms with van der Waals surface area (Å²) in [6, 6.07) is 0.414. The van der Waals surface area contributed by atoms with Crippen LogP contribution in [0, 0.1) is 5.92 Å². The quantitative estimate of drug-likeness (QED) is 0.792. The lowest BCUT2D eigenvalue weighted by molar-refractivity contribution is -0.134. The van der Waals surface area contributed by atoms with Gasteiger partial charge < -0.3 is 9.47 Å². The minimum atomic E-state index is 0.222. The average molecular weight is 293 g/mol. The van der Waals surface area contributed by atoms with Gasteiger partial charge in [0.15, 0.2) is 0 Å². The van der Waals surface area contributed by atoms with Crippen LogP contribution in [0.25, 0.3) is 0 Å². The third kappa shape index (κ3) is 4.52. The summed E-state index contributed by atoms with van der Waals surface area (Å²) in [5, 5.41) is 7.56. The van der Waals surface area contributed by atoms with Crippen LogP contribution in [-0.2, 0) is 11.3 Å². The van der Waals surface area contributed by atoms with Crippen LogP contribution >= 0.6 is 0 Å². The van der Waals surface area contributed by atoms with E-state index in [1.807, 2.05) is 23.6 Å². The summed E-state index contributed by atoms with van der Waals surface area (Å²) in [5.41, 5.74) is 0. The molecule has 6 nitrogen and oxygen atoms in total. The minimum absolute atomic E-state index is 0.222. The first-order valence-electron chi connectivity index (χ1n) is 7.84. The summed E-state index contributed by atoms with van der Waals surface area (Å²) in [5.74, 6) is 0.843. The Bertz CT molecular complexity index is 433. The van der Waals surface area contributed by atoms with Crippen molar-refractivity contribution < 1.29 is 4.79 Å². The van der Waals surface area contributed by atoms with Gasteiger partial charge in [0.1, 0.15) is 12.7 Å². The van der Waals surface area contributed by atoms with Crippen LogP contribution in [0.1, 0.15) is 32.6 Å². The second-order valence-electron chi connectivity index (χ2n) is 6.27. The molecule has 0 spiro atoms. The van der Waals surface area contributed by atoms with Gasteiger partial charge in [-0.25, -0.2) is 0 Å². The highest BCUT2D eigenvalue weighted by molar-refractivity contribution is 5.78. The number of rotatable bonds is 6. The Hall–Kier alpha value is -1.43. The highest BCUT2D eigenvalue weighted by atomic mass is 16.2. The highest BCUT2D eigenvalue weighted by Crippen LogP contribution is 2.27. The molecule has 0 aliphatic heterocycles. The van der Waals surface area contributed by atoms with Gasteiger partial charge in [0.25, 0.3) is 0 Å². The number of carbonyl (C=O) groups is 1. The molecule has 1 saturated carbocycles. The predicted octanol–water partition coefficient (Wildman–Crippen LogP) is 1.25. The smallest absolute Gasteiger partial charge is 0.236 e. The van der Waals surface area contributed by atoms with Crippen molar-refractivity contribution in [2.24, 2.45) is 5.92 Å². The van der Waals surface area contributed by atoms with Crippen molar-refractivity contribution in [2.75, 3.05) is 27.2 Å². The first kappa shape index (κ1) is 15.9. The fourth-order valence-corrected chi connectivity index (χ4v) is 3.10. The van der Waals surface area contributed by atoms with Gasteiger partial charge in [-0.1, -0.05) is 19.8 Å². The van der Waals surface area contributed by atoms with Crippen LogP contribution in [-0.4, -0.2) is 63.7 Å². The Kier molecular flexibility index (Phi) is 5.73. The van der Waals surface area contributed by atoms with Gasteiger partial charge in [-0.15, -0.1) is 10.2 Å². The van der Waals surface area contributed by atoms with Crippen LogP contribution in [0.4, 0.5) is 0 Å². The summed E-state index contributed by atoms with van der Waals surface area (Å²) in [4.78, 5) is 16.4. The first-order valence-corrected chi connectivity index (χ1v) is 7.84. The molecule has 1 fully saturated rings. The molecule has 1 heterocycles. The Balaban J connectivity index is 1.76. The third-order valence-corrected chi connectivity index (χ3v) is 4.57. The van der Waals surface area contributed by atoms with E-state index in [2.05, 4.69) is 22.0 Å². The molecular formula is C15H27N5O. The molecule has 1 aliphatic carbocycles. The summed E-state index contributed by atoms with van der Waals surface area (Å²) in [7, 11) is 3.95. The summed E-state index contributed by atoms with van der Waals surface area (Å²) >= 11 is 0. The second kappa shape index (κ2) is 7.54. The van der Waals surface area contributed by atoms with Crippen molar-refractivity contribution in [3.8, 4) is 0 Å². The molecule has 0 aromatic carbocycles. The molecule has 0 radical (unpaired) electrons. The van der Waals surface area contributed by atoms with E-state index < -0.39 is 0 Å². The van der Waals surface area contributed by atoms with Crippen molar-refractivity contribution in [1.29, 1.82) is 0 Å². The molecule has 1 aromatic rings. The van der Waals surface area contributed by atoms with Crippen molar-refractivity contribution in [1.82, 2.24) is 24.6 Å². The maximum Gasteiger partial charge on any atom is 0.236 e. The largest absolute Gasteiger partial charge is 0.341 e. The Labute approximate surface area is 127 Å². The van der Waals surface area contributed by atoms with Crippen LogP contribution in [0.5, 0.6) is 0 Å². The summed E-state index contributed by atoms with van der Waals surface area (Å²) in [6.45, 7) is 4.36. The number of nitrogens with zero attached hydrogens (tertiary/aromatic N) is 5. The molecule has 1 aliphatic rings. The van der Waals surface area contributed by atoms with E-state index in [0.29, 0.717) is 18.5 Å². The van der Waals surface area contributed by atoms with Crippen molar-refractivity contribution in [3.05, 3.63) is 12.7 Å². The topological polar surface area (TPSA) is 54.3 Å². The van der Waals surface area contributed by atoms with Gasteiger partial charge in [0.2, 0.25) is 5.91 Å². The predicted molar refractivity (Wildman–Crippen MR) is 81.7 cm³/mol. The van der Waals surface area contributed by atoms with E-state index in [9.17, 15) is 4.79 Å². The van der Waals surface area contributed by atoms with E-state index >= 15 is 0 Å². The number of hydrogen-bond donors (Lipinski definition) is 0. The number of carbonyl (C=O) groups excluding carboxylic acids is 1. The molecule has 0 N–H and O–H groups in total.